The van der Waals surface area contributed by atoms with Crippen LogP contribution in [0.5, 0.6) is 17.2 Å². The van der Waals surface area contributed by atoms with Crippen LogP contribution in [0.25, 0.3) is 11.1 Å². The molecule has 0 radical (unpaired) electrons. The largest absolute Gasteiger partial charge is 0.497 e. The van der Waals surface area contributed by atoms with E-state index in [1.807, 2.05) is 38.1 Å². The third kappa shape index (κ3) is 5.44. The van der Waals surface area contributed by atoms with Gasteiger partial charge in [-0.3, -0.25) is 4.79 Å². The van der Waals surface area contributed by atoms with Crippen molar-refractivity contribution < 1.29 is 33.3 Å². The Morgan fingerprint density at radius 1 is 1.03 bits per heavy atom. The summed E-state index contributed by atoms with van der Waals surface area (Å²) in [6, 6.07) is 11.0. The van der Waals surface area contributed by atoms with Gasteiger partial charge in [0.25, 0.3) is 0 Å². The number of hydrogen-bond donors (Lipinski definition) is 1. The molecule has 3 rings (SSSR count). The van der Waals surface area contributed by atoms with E-state index in [4.69, 9.17) is 29.4 Å². The number of carbonyl (C=O) groups excluding carboxylic acids is 2. The summed E-state index contributed by atoms with van der Waals surface area (Å²) < 4.78 is 27.2. The number of rotatable bonds is 9. The average Bonchev–Trinajstić information content (AvgIpc) is 2.83. The van der Waals surface area contributed by atoms with E-state index in [-0.39, 0.29) is 30.6 Å². The Bertz CT molecular complexity index is 1070. The quantitative estimate of drug-likeness (QED) is 0.542. The lowest BCUT2D eigenvalue weighted by Crippen LogP contribution is -2.29. The predicted molar refractivity (Wildman–Crippen MR) is 127 cm³/mol. The summed E-state index contributed by atoms with van der Waals surface area (Å²) in [5.74, 6) is -0.0993. The molecule has 1 heterocycles. The molecular weight excluding hydrogens is 438 g/mol. The van der Waals surface area contributed by atoms with Crippen LogP contribution in [-0.2, 0) is 19.1 Å². The minimum Gasteiger partial charge on any atom is -0.497 e. The van der Waals surface area contributed by atoms with Gasteiger partial charge in [0.15, 0.2) is 0 Å². The monoisotopic (exact) mass is 469 g/mol. The zero-order valence-electron chi connectivity index (χ0n) is 20.2. The second-order valence-corrected chi connectivity index (χ2v) is 7.92. The van der Waals surface area contributed by atoms with E-state index < -0.39 is 17.9 Å². The smallest absolute Gasteiger partial charge is 0.340 e. The van der Waals surface area contributed by atoms with Gasteiger partial charge in [-0.25, -0.2) is 4.79 Å². The Morgan fingerprint density at radius 3 is 2.29 bits per heavy atom. The maximum Gasteiger partial charge on any atom is 0.340 e. The highest BCUT2D eigenvalue weighted by molar-refractivity contribution is 5.93. The van der Waals surface area contributed by atoms with Crippen molar-refractivity contribution in [3.8, 4) is 28.4 Å². The van der Waals surface area contributed by atoms with Crippen LogP contribution in [0.2, 0.25) is 0 Å². The van der Waals surface area contributed by atoms with Gasteiger partial charge in [0.05, 0.1) is 33.4 Å². The Hall–Kier alpha value is -3.68. The van der Waals surface area contributed by atoms with Gasteiger partial charge in [-0.2, -0.15) is 0 Å². The van der Waals surface area contributed by atoms with Crippen molar-refractivity contribution in [3.63, 3.8) is 0 Å². The summed E-state index contributed by atoms with van der Waals surface area (Å²) >= 11 is 0. The molecule has 0 spiro atoms. The number of nitrogens with two attached hydrogens (primary N) is 1. The zero-order chi connectivity index (χ0) is 24.8. The van der Waals surface area contributed by atoms with Gasteiger partial charge in [0.2, 0.25) is 5.88 Å². The summed E-state index contributed by atoms with van der Waals surface area (Å²) in [5.41, 5.74) is 8.52. The first-order valence-electron chi connectivity index (χ1n) is 11.2. The lowest BCUT2D eigenvalue weighted by atomic mass is 9.84. The second-order valence-electron chi connectivity index (χ2n) is 7.92. The number of hydrogen-bond acceptors (Lipinski definition) is 8. The molecule has 0 aliphatic carbocycles. The normalized spacial score (nSPS) is 15.6. The third-order valence-corrected chi connectivity index (χ3v) is 5.68. The molecule has 34 heavy (non-hydrogen) atoms. The Morgan fingerprint density at radius 2 is 1.71 bits per heavy atom. The highest BCUT2D eigenvalue weighted by Crippen LogP contribution is 2.43. The highest BCUT2D eigenvalue weighted by Gasteiger charge is 2.36. The van der Waals surface area contributed by atoms with E-state index >= 15 is 0 Å². The number of benzene rings is 2. The molecule has 0 bridgehead atoms. The van der Waals surface area contributed by atoms with Crippen molar-refractivity contribution >= 4 is 11.9 Å². The van der Waals surface area contributed by atoms with Crippen molar-refractivity contribution in [3.05, 3.63) is 53.4 Å². The Balaban J connectivity index is 2.08. The number of fused-ring (bicyclic) bond motifs is 1. The van der Waals surface area contributed by atoms with Crippen LogP contribution in [0.3, 0.4) is 0 Å². The molecule has 2 atom stereocenters. The van der Waals surface area contributed by atoms with Crippen molar-refractivity contribution in [1.29, 1.82) is 0 Å². The highest BCUT2D eigenvalue weighted by atomic mass is 16.5. The van der Waals surface area contributed by atoms with E-state index in [1.54, 1.807) is 33.3 Å². The first-order chi connectivity index (χ1) is 16.3. The summed E-state index contributed by atoms with van der Waals surface area (Å²) in [4.78, 5) is 25.5. The number of methoxy groups -OCH3 is 2. The van der Waals surface area contributed by atoms with Crippen LogP contribution in [-0.4, -0.2) is 38.9 Å². The van der Waals surface area contributed by atoms with Gasteiger partial charge in [0, 0.05) is 17.5 Å². The van der Waals surface area contributed by atoms with Crippen LogP contribution >= 0.6 is 0 Å². The van der Waals surface area contributed by atoms with Gasteiger partial charge in [-0.15, -0.1) is 0 Å². The number of esters is 2. The van der Waals surface area contributed by atoms with E-state index in [9.17, 15) is 9.59 Å². The van der Waals surface area contributed by atoms with Crippen LogP contribution in [0.1, 0.15) is 45.1 Å². The van der Waals surface area contributed by atoms with E-state index in [2.05, 4.69) is 0 Å². The molecule has 0 saturated heterocycles. The lowest BCUT2D eigenvalue weighted by molar-refractivity contribution is -0.148. The molecular formula is C26H31NO7. The molecule has 2 aromatic carbocycles. The topological polar surface area (TPSA) is 106 Å². The number of carbonyl (C=O) groups is 2. The molecule has 0 saturated carbocycles. The molecule has 0 fully saturated rings. The lowest BCUT2D eigenvalue weighted by Gasteiger charge is -2.28. The Kier molecular flexibility index (Phi) is 8.04. The van der Waals surface area contributed by atoms with Crippen LogP contribution in [0, 0.1) is 0 Å². The maximum atomic E-state index is 12.8. The predicted octanol–water partition coefficient (Wildman–Crippen LogP) is 4.31. The molecule has 0 amide bonds. The van der Waals surface area contributed by atoms with Crippen LogP contribution < -0.4 is 19.9 Å². The second kappa shape index (κ2) is 11.0. The van der Waals surface area contributed by atoms with Gasteiger partial charge in [-0.1, -0.05) is 13.0 Å². The van der Waals surface area contributed by atoms with E-state index in [1.165, 1.54) is 0 Å². The fraction of sp³-hybridized carbons (Fsp3) is 0.385. The molecule has 2 N–H and O–H groups in total. The number of ether oxygens (including phenoxy) is 5. The van der Waals surface area contributed by atoms with Crippen molar-refractivity contribution in [2.24, 2.45) is 5.73 Å². The van der Waals surface area contributed by atoms with Crippen LogP contribution in [0.15, 0.2) is 47.9 Å². The third-order valence-electron chi connectivity index (χ3n) is 5.68. The fourth-order valence-electron chi connectivity index (χ4n) is 3.75. The Labute approximate surface area is 199 Å². The zero-order valence-corrected chi connectivity index (χ0v) is 20.2. The van der Waals surface area contributed by atoms with Gasteiger partial charge in [-0.05, 0) is 55.7 Å². The first-order valence-corrected chi connectivity index (χ1v) is 11.2. The van der Waals surface area contributed by atoms with E-state index in [0.717, 1.165) is 11.1 Å². The van der Waals surface area contributed by atoms with Crippen LogP contribution in [0.4, 0.5) is 0 Å². The molecule has 182 valence electrons. The summed E-state index contributed by atoms with van der Waals surface area (Å²) in [6.07, 6.45) is 0.357. The molecule has 1 aliphatic heterocycles. The van der Waals surface area contributed by atoms with Crippen molar-refractivity contribution in [2.45, 2.75) is 45.6 Å². The SMILES string of the molecule is CCOC(=O)C1=C(N)Oc2ccc(-c3cc(OC)cc(OC)c3)cc2[C@@H]1CC(=O)O[C@H](C)CC. The molecule has 0 unspecified atom stereocenters. The van der Waals surface area contributed by atoms with Gasteiger partial charge < -0.3 is 29.4 Å². The molecule has 2 aromatic rings. The molecule has 0 aromatic heterocycles. The standard InChI is InChI=1S/C26H31NO7/c1-6-15(3)33-23(28)14-21-20-12-16(17-10-18(30-4)13-19(11-17)31-5)8-9-22(20)34-25(27)24(21)26(29)32-7-2/h8-13,15,21H,6-7,14,27H2,1-5H3/t15-,21+/m1/s1. The van der Waals surface area contributed by atoms with E-state index in [0.29, 0.717) is 29.2 Å². The molecule has 1 aliphatic rings. The minimum atomic E-state index is -0.688. The summed E-state index contributed by atoms with van der Waals surface area (Å²) in [7, 11) is 3.16. The maximum absolute atomic E-state index is 12.8. The van der Waals surface area contributed by atoms with Gasteiger partial charge in [0.1, 0.15) is 22.8 Å². The first kappa shape index (κ1) is 25.0. The summed E-state index contributed by atoms with van der Waals surface area (Å²) in [6.45, 7) is 5.61. The molecule has 8 heteroatoms. The van der Waals surface area contributed by atoms with Gasteiger partial charge >= 0.3 is 11.9 Å². The fourth-order valence-corrected chi connectivity index (χ4v) is 3.75. The van der Waals surface area contributed by atoms with Crippen molar-refractivity contribution in [1.82, 2.24) is 0 Å². The average molecular weight is 470 g/mol. The molecule has 8 nitrogen and oxygen atoms in total. The summed E-state index contributed by atoms with van der Waals surface area (Å²) in [5, 5.41) is 0. The minimum absolute atomic E-state index is 0.0805. The van der Waals surface area contributed by atoms with Crippen molar-refractivity contribution in [2.75, 3.05) is 20.8 Å².